The van der Waals surface area contributed by atoms with Gasteiger partial charge < -0.3 is 37.6 Å². The van der Waals surface area contributed by atoms with Crippen LogP contribution in [0.2, 0.25) is 0 Å². The van der Waals surface area contributed by atoms with Crippen LogP contribution in [0.1, 0.15) is 39.5 Å². The second-order valence-electron chi connectivity index (χ2n) is 7.41. The molecule has 5 atom stereocenters. The molecule has 0 rings (SSSR count). The van der Waals surface area contributed by atoms with Gasteiger partial charge >= 0.3 is 5.97 Å². The monoisotopic (exact) mass is 477 g/mol. The molecule has 0 fully saturated rings. The van der Waals surface area contributed by atoms with Crippen LogP contribution in [0, 0.1) is 5.92 Å². The normalized spacial score (nSPS) is 15.5. The van der Waals surface area contributed by atoms with Crippen molar-refractivity contribution in [2.24, 2.45) is 17.4 Å². The Morgan fingerprint density at radius 1 is 0.969 bits per heavy atom. The Hall–Kier alpha value is -2.38. The number of aliphatic hydroxyl groups is 1. The van der Waals surface area contributed by atoms with Crippen molar-refractivity contribution in [3.05, 3.63) is 0 Å². The molecule has 0 saturated heterocycles. The summed E-state index contributed by atoms with van der Waals surface area (Å²) in [5.41, 5.74) is 10.9. The van der Waals surface area contributed by atoms with Gasteiger partial charge in [0.2, 0.25) is 23.6 Å². The van der Waals surface area contributed by atoms with Crippen molar-refractivity contribution in [2.45, 2.75) is 63.7 Å². The molecule has 0 radical (unpaired) electrons. The van der Waals surface area contributed by atoms with Crippen LogP contribution in [0.5, 0.6) is 0 Å². The number of aliphatic carboxylic acids is 1. The van der Waals surface area contributed by atoms with Crippen LogP contribution in [0.4, 0.5) is 0 Å². The predicted octanol–water partition coefficient (Wildman–Crippen LogP) is -2.09. The third-order valence-corrected chi connectivity index (χ3v) is 5.52. The van der Waals surface area contributed by atoms with Crippen molar-refractivity contribution < 1.29 is 34.2 Å². The molecule has 184 valence electrons. The zero-order valence-electron chi connectivity index (χ0n) is 18.6. The van der Waals surface area contributed by atoms with E-state index in [-0.39, 0.29) is 18.8 Å². The molecule has 0 heterocycles. The highest BCUT2D eigenvalue weighted by atomic mass is 32.2. The van der Waals surface area contributed by atoms with Crippen LogP contribution >= 0.6 is 11.8 Å². The van der Waals surface area contributed by atoms with Crippen LogP contribution in [0.15, 0.2) is 0 Å². The summed E-state index contributed by atoms with van der Waals surface area (Å²) in [6.07, 6.45) is 2.31. The number of carbonyl (C=O) groups excluding carboxylic acids is 4. The highest BCUT2D eigenvalue weighted by Crippen LogP contribution is 2.10. The Labute approximate surface area is 191 Å². The first kappa shape index (κ1) is 29.6. The third-order valence-electron chi connectivity index (χ3n) is 4.87. The summed E-state index contributed by atoms with van der Waals surface area (Å²) < 4.78 is 0. The van der Waals surface area contributed by atoms with Gasteiger partial charge in [0, 0.05) is 6.42 Å². The molecule has 12 nitrogen and oxygen atoms in total. The summed E-state index contributed by atoms with van der Waals surface area (Å²) in [5, 5.41) is 25.8. The number of carboxylic acid groups (broad SMARTS) is 1. The van der Waals surface area contributed by atoms with E-state index in [4.69, 9.17) is 11.5 Å². The van der Waals surface area contributed by atoms with Gasteiger partial charge in [-0.3, -0.25) is 19.2 Å². The topological polar surface area (TPSA) is 214 Å². The summed E-state index contributed by atoms with van der Waals surface area (Å²) in [6.45, 7) is 2.74. The van der Waals surface area contributed by atoms with Crippen molar-refractivity contribution in [3.63, 3.8) is 0 Å². The molecule has 0 saturated carbocycles. The molecule has 0 aromatic carbocycles. The maximum absolute atomic E-state index is 12.8. The minimum absolute atomic E-state index is 0.248. The van der Waals surface area contributed by atoms with Gasteiger partial charge in [0.25, 0.3) is 0 Å². The van der Waals surface area contributed by atoms with Crippen molar-refractivity contribution in [1.29, 1.82) is 0 Å². The van der Waals surface area contributed by atoms with Gasteiger partial charge in [0.05, 0.1) is 12.6 Å². The number of amides is 4. The lowest BCUT2D eigenvalue weighted by atomic mass is 9.97. The molecule has 0 aromatic heterocycles. The molecule has 13 heteroatoms. The Bertz CT molecular complexity index is 664. The molecule has 5 unspecified atom stereocenters. The molecular formula is C19H35N5O7S. The SMILES string of the molecule is CCC(C)C(NC(=O)C(N)CCSC)C(=O)NC(CO)C(=O)NC(CCC(N)=O)C(=O)O. The van der Waals surface area contributed by atoms with E-state index in [1.165, 1.54) is 11.8 Å². The minimum Gasteiger partial charge on any atom is -0.480 e. The molecular weight excluding hydrogens is 442 g/mol. The van der Waals surface area contributed by atoms with E-state index >= 15 is 0 Å². The van der Waals surface area contributed by atoms with Crippen molar-refractivity contribution >= 4 is 41.4 Å². The van der Waals surface area contributed by atoms with Gasteiger partial charge in [-0.15, -0.1) is 0 Å². The first-order valence-corrected chi connectivity index (χ1v) is 11.6. The Morgan fingerprint density at radius 3 is 2.03 bits per heavy atom. The molecule has 0 aromatic rings. The van der Waals surface area contributed by atoms with Gasteiger partial charge in [0.1, 0.15) is 18.1 Å². The van der Waals surface area contributed by atoms with E-state index in [2.05, 4.69) is 16.0 Å². The highest BCUT2D eigenvalue weighted by molar-refractivity contribution is 7.98. The number of carbonyl (C=O) groups is 5. The highest BCUT2D eigenvalue weighted by Gasteiger charge is 2.32. The number of nitrogens with two attached hydrogens (primary N) is 2. The molecule has 0 aliphatic rings. The Morgan fingerprint density at radius 2 is 1.56 bits per heavy atom. The van der Waals surface area contributed by atoms with E-state index in [1.54, 1.807) is 6.92 Å². The summed E-state index contributed by atoms with van der Waals surface area (Å²) in [7, 11) is 0. The van der Waals surface area contributed by atoms with Crippen LogP contribution in [-0.2, 0) is 24.0 Å². The van der Waals surface area contributed by atoms with Crippen LogP contribution in [0.3, 0.4) is 0 Å². The Balaban J connectivity index is 5.24. The lowest BCUT2D eigenvalue weighted by Gasteiger charge is -2.27. The molecule has 9 N–H and O–H groups in total. The molecule has 4 amide bonds. The molecule has 0 spiro atoms. The van der Waals surface area contributed by atoms with Crippen LogP contribution in [-0.4, -0.2) is 82.6 Å². The average Bonchev–Trinajstić information content (AvgIpc) is 2.75. The van der Waals surface area contributed by atoms with Gasteiger partial charge in [-0.1, -0.05) is 20.3 Å². The lowest BCUT2D eigenvalue weighted by Crippen LogP contribution is -2.59. The number of primary amides is 1. The van der Waals surface area contributed by atoms with E-state index in [9.17, 15) is 34.2 Å². The van der Waals surface area contributed by atoms with Crippen molar-refractivity contribution in [1.82, 2.24) is 16.0 Å². The molecule has 0 aliphatic carbocycles. The van der Waals surface area contributed by atoms with E-state index in [0.717, 1.165) is 0 Å². The largest absolute Gasteiger partial charge is 0.480 e. The lowest BCUT2D eigenvalue weighted by molar-refractivity contribution is -0.143. The number of carboxylic acids is 1. The molecule has 0 bridgehead atoms. The molecule has 32 heavy (non-hydrogen) atoms. The van der Waals surface area contributed by atoms with E-state index < -0.39 is 60.4 Å². The van der Waals surface area contributed by atoms with Gasteiger partial charge in [-0.2, -0.15) is 11.8 Å². The van der Waals surface area contributed by atoms with Crippen molar-refractivity contribution in [3.8, 4) is 0 Å². The number of aliphatic hydroxyl groups excluding tert-OH is 1. The summed E-state index contributed by atoms with van der Waals surface area (Å²) in [6, 6.07) is -4.72. The zero-order chi connectivity index (χ0) is 24.8. The van der Waals surface area contributed by atoms with Gasteiger partial charge in [-0.05, 0) is 30.8 Å². The van der Waals surface area contributed by atoms with Gasteiger partial charge in [-0.25, -0.2) is 4.79 Å². The minimum atomic E-state index is -1.47. The standard InChI is InChI=1S/C19H35N5O7S/c1-4-10(2)15(24-16(27)11(20)7-8-32-3)18(29)23-13(9-25)17(28)22-12(19(30)31)5-6-14(21)26/h10-13,15,25H,4-9,20H2,1-3H3,(H2,21,26)(H,22,28)(H,23,29)(H,24,27)(H,30,31). The third kappa shape index (κ3) is 10.8. The number of rotatable bonds is 16. The fourth-order valence-corrected chi connectivity index (χ4v) is 3.10. The maximum Gasteiger partial charge on any atom is 0.326 e. The first-order valence-electron chi connectivity index (χ1n) is 10.3. The predicted molar refractivity (Wildman–Crippen MR) is 119 cm³/mol. The average molecular weight is 478 g/mol. The fraction of sp³-hybridized carbons (Fsp3) is 0.737. The molecule has 0 aliphatic heterocycles. The first-order chi connectivity index (χ1) is 15.0. The second kappa shape index (κ2) is 15.4. The van der Waals surface area contributed by atoms with E-state index in [0.29, 0.717) is 18.6 Å². The maximum atomic E-state index is 12.8. The van der Waals surface area contributed by atoms with E-state index in [1.807, 2.05) is 13.2 Å². The number of nitrogens with one attached hydrogen (secondary N) is 3. The number of hydrogen-bond acceptors (Lipinski definition) is 8. The second-order valence-corrected chi connectivity index (χ2v) is 8.39. The smallest absolute Gasteiger partial charge is 0.326 e. The quantitative estimate of drug-likeness (QED) is 0.129. The summed E-state index contributed by atoms with van der Waals surface area (Å²) >= 11 is 1.53. The van der Waals surface area contributed by atoms with Crippen LogP contribution in [0.25, 0.3) is 0 Å². The zero-order valence-corrected chi connectivity index (χ0v) is 19.4. The number of thioether (sulfide) groups is 1. The van der Waals surface area contributed by atoms with Crippen molar-refractivity contribution in [2.75, 3.05) is 18.6 Å². The summed E-state index contributed by atoms with van der Waals surface area (Å²) in [4.78, 5) is 59.7. The number of hydrogen-bond donors (Lipinski definition) is 7. The van der Waals surface area contributed by atoms with Crippen LogP contribution < -0.4 is 27.4 Å². The van der Waals surface area contributed by atoms with Gasteiger partial charge in [0.15, 0.2) is 0 Å². The summed E-state index contributed by atoms with van der Waals surface area (Å²) in [5.74, 6) is -3.96. The fourth-order valence-electron chi connectivity index (χ4n) is 2.61. The Kier molecular flexibility index (Phi) is 14.3.